The van der Waals surface area contributed by atoms with E-state index in [-0.39, 0.29) is 22.8 Å². The summed E-state index contributed by atoms with van der Waals surface area (Å²) in [6, 6.07) is 13.9. The Balaban J connectivity index is 1.41. The molecule has 9 heteroatoms. The number of ether oxygens (including phenoxy) is 1. The molecular formula is C24H29N3O5S. The molecule has 0 spiro atoms. The van der Waals surface area contributed by atoms with Crippen molar-refractivity contribution >= 4 is 21.8 Å². The molecule has 2 aromatic rings. The fraction of sp³-hybridized carbons (Fsp3) is 0.417. The lowest BCUT2D eigenvalue weighted by atomic mass is 10.0. The van der Waals surface area contributed by atoms with Crippen molar-refractivity contribution in [2.24, 2.45) is 0 Å². The molecule has 0 saturated carbocycles. The van der Waals surface area contributed by atoms with E-state index in [1.54, 1.807) is 40.1 Å². The molecular weight excluding hydrogens is 442 g/mol. The van der Waals surface area contributed by atoms with Crippen LogP contribution in [-0.2, 0) is 19.6 Å². The molecule has 2 fully saturated rings. The maximum Gasteiger partial charge on any atom is 0.253 e. The molecule has 33 heavy (non-hydrogen) atoms. The fourth-order valence-electron chi connectivity index (χ4n) is 4.14. The minimum absolute atomic E-state index is 0.0301. The fourth-order valence-corrected chi connectivity index (χ4v) is 5.09. The Bertz CT molecular complexity index is 1120. The van der Waals surface area contributed by atoms with Gasteiger partial charge in [-0.1, -0.05) is 24.3 Å². The van der Waals surface area contributed by atoms with Crippen LogP contribution in [0.5, 0.6) is 0 Å². The Morgan fingerprint density at radius 1 is 0.939 bits per heavy atom. The molecule has 4 rings (SSSR count). The molecule has 0 bridgehead atoms. The molecule has 0 radical (unpaired) electrons. The van der Waals surface area contributed by atoms with Crippen molar-refractivity contribution in [1.29, 1.82) is 0 Å². The van der Waals surface area contributed by atoms with Gasteiger partial charge in [0.25, 0.3) is 11.8 Å². The molecule has 2 aliphatic heterocycles. The van der Waals surface area contributed by atoms with Crippen molar-refractivity contribution in [1.82, 2.24) is 14.1 Å². The standard InChI is InChI=1S/C24H29N3O5S/c1-25(2)33(30,31)21-6-3-5-20(17-21)18-8-10-19(11-9-18)23(28)26-12-14-27(15-13-26)24(29)22-7-4-16-32-22/h3,5-6,8-11,17,22H,4,7,12-16H2,1-2H3/t22-/m0/s1. The summed E-state index contributed by atoms with van der Waals surface area (Å²) in [5.74, 6) is -0.0443. The summed E-state index contributed by atoms with van der Waals surface area (Å²) in [5, 5.41) is 0. The lowest BCUT2D eigenvalue weighted by Crippen LogP contribution is -2.52. The predicted octanol–water partition coefficient (Wildman–Crippen LogP) is 2.07. The third-order valence-electron chi connectivity index (χ3n) is 6.16. The third kappa shape index (κ3) is 4.95. The Morgan fingerprint density at radius 3 is 2.21 bits per heavy atom. The van der Waals surface area contributed by atoms with Gasteiger partial charge in [0.15, 0.2) is 0 Å². The molecule has 2 saturated heterocycles. The molecule has 0 aliphatic carbocycles. The van der Waals surface area contributed by atoms with Crippen molar-refractivity contribution in [2.75, 3.05) is 46.9 Å². The number of piperazine rings is 1. The highest BCUT2D eigenvalue weighted by molar-refractivity contribution is 7.89. The SMILES string of the molecule is CN(C)S(=O)(=O)c1cccc(-c2ccc(C(=O)N3CCN(C(=O)[C@@H]4CCCO4)CC3)cc2)c1. The molecule has 0 aromatic heterocycles. The highest BCUT2D eigenvalue weighted by atomic mass is 32.2. The zero-order chi connectivity index (χ0) is 23.6. The number of amides is 2. The first kappa shape index (κ1) is 23.4. The van der Waals surface area contributed by atoms with Gasteiger partial charge in [0.05, 0.1) is 4.90 Å². The van der Waals surface area contributed by atoms with E-state index in [0.717, 1.165) is 24.0 Å². The van der Waals surface area contributed by atoms with Gasteiger partial charge in [-0.05, 0) is 48.2 Å². The molecule has 176 valence electrons. The number of rotatable bonds is 5. The van der Waals surface area contributed by atoms with Crippen LogP contribution in [0.4, 0.5) is 0 Å². The van der Waals surface area contributed by atoms with E-state index in [4.69, 9.17) is 4.74 Å². The smallest absolute Gasteiger partial charge is 0.253 e. The Labute approximate surface area is 194 Å². The van der Waals surface area contributed by atoms with Gasteiger partial charge in [0.1, 0.15) is 6.10 Å². The topological polar surface area (TPSA) is 87.2 Å². The van der Waals surface area contributed by atoms with Gasteiger partial charge in [0, 0.05) is 52.4 Å². The lowest BCUT2D eigenvalue weighted by molar-refractivity contribution is -0.142. The van der Waals surface area contributed by atoms with Gasteiger partial charge >= 0.3 is 0 Å². The highest BCUT2D eigenvalue weighted by Crippen LogP contribution is 2.25. The van der Waals surface area contributed by atoms with Crippen LogP contribution in [0, 0.1) is 0 Å². The van der Waals surface area contributed by atoms with E-state index in [9.17, 15) is 18.0 Å². The average molecular weight is 472 g/mol. The van der Waals surface area contributed by atoms with Crippen molar-refractivity contribution in [3.63, 3.8) is 0 Å². The van der Waals surface area contributed by atoms with E-state index in [1.165, 1.54) is 18.4 Å². The number of carbonyl (C=O) groups excluding carboxylic acids is 2. The number of carbonyl (C=O) groups is 2. The van der Waals surface area contributed by atoms with E-state index in [1.807, 2.05) is 18.2 Å². The van der Waals surface area contributed by atoms with E-state index in [2.05, 4.69) is 0 Å². The van der Waals surface area contributed by atoms with Gasteiger partial charge < -0.3 is 14.5 Å². The molecule has 2 aromatic carbocycles. The minimum atomic E-state index is -3.52. The zero-order valence-corrected chi connectivity index (χ0v) is 19.8. The van der Waals surface area contributed by atoms with Crippen LogP contribution in [-0.4, -0.2) is 87.3 Å². The summed E-state index contributed by atoms with van der Waals surface area (Å²) in [4.78, 5) is 29.2. The summed E-state index contributed by atoms with van der Waals surface area (Å²) in [7, 11) is -0.522. The molecule has 8 nitrogen and oxygen atoms in total. The maximum absolute atomic E-state index is 13.0. The number of hydrogen-bond donors (Lipinski definition) is 0. The molecule has 2 heterocycles. The Kier molecular flexibility index (Phi) is 6.83. The molecule has 2 aliphatic rings. The number of sulfonamides is 1. The van der Waals surface area contributed by atoms with Gasteiger partial charge in [-0.2, -0.15) is 0 Å². The van der Waals surface area contributed by atoms with Crippen LogP contribution in [0.1, 0.15) is 23.2 Å². The number of nitrogens with zero attached hydrogens (tertiary/aromatic N) is 3. The summed E-state index contributed by atoms with van der Waals surface area (Å²) in [5.41, 5.74) is 2.15. The summed E-state index contributed by atoms with van der Waals surface area (Å²) >= 11 is 0. The van der Waals surface area contributed by atoms with Gasteiger partial charge in [-0.3, -0.25) is 9.59 Å². The van der Waals surface area contributed by atoms with Crippen molar-refractivity contribution in [3.8, 4) is 11.1 Å². The van der Waals surface area contributed by atoms with Crippen molar-refractivity contribution < 1.29 is 22.7 Å². The Morgan fingerprint density at radius 2 is 1.61 bits per heavy atom. The minimum Gasteiger partial charge on any atom is -0.368 e. The molecule has 1 atom stereocenters. The monoisotopic (exact) mass is 471 g/mol. The Hall–Kier alpha value is -2.75. The first-order valence-electron chi connectivity index (χ1n) is 11.1. The quantitative estimate of drug-likeness (QED) is 0.666. The van der Waals surface area contributed by atoms with Crippen LogP contribution in [0.25, 0.3) is 11.1 Å². The van der Waals surface area contributed by atoms with Crippen LogP contribution >= 0.6 is 0 Å². The van der Waals surface area contributed by atoms with Crippen LogP contribution in [0.2, 0.25) is 0 Å². The van der Waals surface area contributed by atoms with Crippen LogP contribution < -0.4 is 0 Å². The first-order chi connectivity index (χ1) is 15.8. The number of benzene rings is 2. The molecule has 2 amide bonds. The molecule has 0 N–H and O–H groups in total. The first-order valence-corrected chi connectivity index (χ1v) is 12.5. The van der Waals surface area contributed by atoms with Crippen LogP contribution in [0.15, 0.2) is 53.4 Å². The average Bonchev–Trinajstić information content (AvgIpc) is 3.38. The van der Waals surface area contributed by atoms with Gasteiger partial charge in [-0.15, -0.1) is 0 Å². The maximum atomic E-state index is 13.0. The van der Waals surface area contributed by atoms with Crippen molar-refractivity contribution in [2.45, 2.75) is 23.8 Å². The molecule has 0 unspecified atom stereocenters. The lowest BCUT2D eigenvalue weighted by Gasteiger charge is -2.35. The summed E-state index contributed by atoms with van der Waals surface area (Å²) < 4.78 is 31.5. The summed E-state index contributed by atoms with van der Waals surface area (Å²) in [6.45, 7) is 2.64. The van der Waals surface area contributed by atoms with Gasteiger partial charge in [-0.25, -0.2) is 12.7 Å². The number of hydrogen-bond acceptors (Lipinski definition) is 5. The highest BCUT2D eigenvalue weighted by Gasteiger charge is 2.31. The van der Waals surface area contributed by atoms with Crippen molar-refractivity contribution in [3.05, 3.63) is 54.1 Å². The summed E-state index contributed by atoms with van der Waals surface area (Å²) in [6.07, 6.45) is 1.36. The second kappa shape index (κ2) is 9.62. The van der Waals surface area contributed by atoms with Crippen LogP contribution in [0.3, 0.4) is 0 Å². The van der Waals surface area contributed by atoms with E-state index in [0.29, 0.717) is 38.3 Å². The van der Waals surface area contributed by atoms with E-state index >= 15 is 0 Å². The third-order valence-corrected chi connectivity index (χ3v) is 7.97. The largest absolute Gasteiger partial charge is 0.368 e. The van der Waals surface area contributed by atoms with E-state index < -0.39 is 10.0 Å². The predicted molar refractivity (Wildman–Crippen MR) is 124 cm³/mol. The normalized spacial score (nSPS) is 19.2. The second-order valence-electron chi connectivity index (χ2n) is 8.51. The van der Waals surface area contributed by atoms with Gasteiger partial charge in [0.2, 0.25) is 10.0 Å². The zero-order valence-electron chi connectivity index (χ0n) is 18.9. The second-order valence-corrected chi connectivity index (χ2v) is 10.7.